The van der Waals surface area contributed by atoms with Crippen LogP contribution in [0.3, 0.4) is 0 Å². The van der Waals surface area contributed by atoms with Crippen molar-refractivity contribution in [1.29, 1.82) is 0 Å². The maximum Gasteiger partial charge on any atom is 0.337 e. The highest BCUT2D eigenvalue weighted by Gasteiger charge is 2.23. The molecule has 156 valence electrons. The predicted octanol–water partition coefficient (Wildman–Crippen LogP) is 3.86. The van der Waals surface area contributed by atoms with E-state index in [0.717, 1.165) is 5.56 Å². The molecule has 2 aromatic heterocycles. The van der Waals surface area contributed by atoms with Crippen LogP contribution in [0.5, 0.6) is 5.75 Å². The molecule has 2 heterocycles. The molecule has 0 saturated heterocycles. The number of fused-ring (bicyclic) bond motifs is 1. The van der Waals surface area contributed by atoms with Crippen LogP contribution in [0.15, 0.2) is 70.8 Å². The van der Waals surface area contributed by atoms with E-state index in [-0.39, 0.29) is 17.9 Å². The van der Waals surface area contributed by atoms with Gasteiger partial charge in [0.05, 0.1) is 29.4 Å². The standard InChI is InChI=1S/C23H18N2O5S/c1-30-23(29)15-7-9-16(10-8-15)24-21(27)18-19(26)20-17(11-12-31-20)25(22(18)28)13-14-5-3-2-4-6-14/h2-12,26H,13H2,1H3,(H,24,27). The van der Waals surface area contributed by atoms with Crippen molar-refractivity contribution in [2.45, 2.75) is 6.54 Å². The van der Waals surface area contributed by atoms with Crippen molar-refractivity contribution < 1.29 is 19.4 Å². The highest BCUT2D eigenvalue weighted by molar-refractivity contribution is 7.17. The summed E-state index contributed by atoms with van der Waals surface area (Å²) in [6.07, 6.45) is 0. The molecule has 2 aromatic carbocycles. The lowest BCUT2D eigenvalue weighted by atomic mass is 10.1. The summed E-state index contributed by atoms with van der Waals surface area (Å²) in [5.41, 5.74) is 1.24. The maximum atomic E-state index is 13.2. The molecule has 0 unspecified atom stereocenters. The van der Waals surface area contributed by atoms with Gasteiger partial charge in [-0.3, -0.25) is 9.59 Å². The van der Waals surface area contributed by atoms with Gasteiger partial charge in [-0.15, -0.1) is 11.3 Å². The highest BCUT2D eigenvalue weighted by atomic mass is 32.1. The van der Waals surface area contributed by atoms with Crippen molar-refractivity contribution in [2.75, 3.05) is 12.4 Å². The van der Waals surface area contributed by atoms with Gasteiger partial charge in [0.15, 0.2) is 5.75 Å². The third-order valence-corrected chi connectivity index (χ3v) is 5.73. The monoisotopic (exact) mass is 434 g/mol. The van der Waals surface area contributed by atoms with E-state index < -0.39 is 17.4 Å². The molecule has 0 aliphatic rings. The Morgan fingerprint density at radius 3 is 2.45 bits per heavy atom. The van der Waals surface area contributed by atoms with Gasteiger partial charge in [-0.25, -0.2) is 4.79 Å². The number of ether oxygens (including phenoxy) is 1. The van der Waals surface area contributed by atoms with Crippen LogP contribution in [0.2, 0.25) is 0 Å². The molecule has 0 atom stereocenters. The first-order valence-electron chi connectivity index (χ1n) is 9.36. The molecular formula is C23H18N2O5S. The van der Waals surface area contributed by atoms with E-state index in [0.29, 0.717) is 21.5 Å². The van der Waals surface area contributed by atoms with Gasteiger partial charge >= 0.3 is 5.97 Å². The molecule has 0 saturated carbocycles. The summed E-state index contributed by atoms with van der Waals surface area (Å²) >= 11 is 1.25. The lowest BCUT2D eigenvalue weighted by molar-refractivity contribution is 0.0600. The molecule has 0 aliphatic heterocycles. The number of aromatic nitrogens is 1. The van der Waals surface area contributed by atoms with Crippen LogP contribution < -0.4 is 10.9 Å². The summed E-state index contributed by atoms with van der Waals surface area (Å²) in [5, 5.41) is 15.1. The van der Waals surface area contributed by atoms with Crippen molar-refractivity contribution in [3.05, 3.63) is 93.1 Å². The number of carbonyl (C=O) groups is 2. The third kappa shape index (κ3) is 3.93. The average Bonchev–Trinajstić information content (AvgIpc) is 3.28. The Bertz CT molecular complexity index is 1320. The van der Waals surface area contributed by atoms with Crippen molar-refractivity contribution in [2.24, 2.45) is 0 Å². The first kappa shape index (κ1) is 20.4. The fourth-order valence-corrected chi connectivity index (χ4v) is 4.13. The highest BCUT2D eigenvalue weighted by Crippen LogP contribution is 2.31. The van der Waals surface area contributed by atoms with Crippen molar-refractivity contribution in [3.8, 4) is 5.75 Å². The smallest absolute Gasteiger partial charge is 0.337 e. The van der Waals surface area contributed by atoms with Gasteiger partial charge < -0.3 is 19.7 Å². The van der Waals surface area contributed by atoms with Crippen molar-refractivity contribution >= 4 is 39.1 Å². The molecule has 8 heteroatoms. The number of anilines is 1. The molecule has 0 spiro atoms. The number of amides is 1. The van der Waals surface area contributed by atoms with Gasteiger partial charge in [-0.05, 0) is 41.3 Å². The molecule has 0 radical (unpaired) electrons. The minimum Gasteiger partial charge on any atom is -0.505 e. The molecule has 2 N–H and O–H groups in total. The zero-order valence-corrected chi connectivity index (χ0v) is 17.3. The Labute approximate surface area is 181 Å². The van der Waals surface area contributed by atoms with E-state index in [1.807, 2.05) is 30.3 Å². The number of esters is 1. The maximum absolute atomic E-state index is 13.2. The van der Waals surface area contributed by atoms with Crippen molar-refractivity contribution in [1.82, 2.24) is 4.57 Å². The fraction of sp³-hybridized carbons (Fsp3) is 0.0870. The number of nitrogens with one attached hydrogen (secondary N) is 1. The number of hydrogen-bond acceptors (Lipinski definition) is 6. The lowest BCUT2D eigenvalue weighted by Crippen LogP contribution is -2.29. The first-order chi connectivity index (χ1) is 15.0. The average molecular weight is 434 g/mol. The van der Waals surface area contributed by atoms with Crippen LogP contribution >= 0.6 is 11.3 Å². The second-order valence-electron chi connectivity index (χ2n) is 6.76. The number of methoxy groups -OCH3 is 1. The SMILES string of the molecule is COC(=O)c1ccc(NC(=O)c2c(O)c3sccc3n(Cc3ccccc3)c2=O)cc1. The molecule has 1 amide bonds. The Balaban J connectivity index is 1.72. The number of carbonyl (C=O) groups excluding carboxylic acids is 2. The summed E-state index contributed by atoms with van der Waals surface area (Å²) in [5.74, 6) is -1.57. The van der Waals surface area contributed by atoms with Crippen LogP contribution in [0.4, 0.5) is 5.69 Å². The number of thiophene rings is 1. The van der Waals surface area contributed by atoms with Gasteiger partial charge in [-0.1, -0.05) is 30.3 Å². The van der Waals surface area contributed by atoms with Gasteiger partial charge in [0.2, 0.25) is 0 Å². The van der Waals surface area contributed by atoms with Gasteiger partial charge in [-0.2, -0.15) is 0 Å². The summed E-state index contributed by atoms with van der Waals surface area (Å²) in [6, 6.07) is 17.2. The van der Waals surface area contributed by atoms with Crippen LogP contribution in [-0.2, 0) is 11.3 Å². The topological polar surface area (TPSA) is 97.6 Å². The zero-order valence-electron chi connectivity index (χ0n) is 16.5. The second kappa shape index (κ2) is 8.45. The molecular weight excluding hydrogens is 416 g/mol. The number of aromatic hydroxyl groups is 1. The number of nitrogens with zero attached hydrogens (tertiary/aromatic N) is 1. The molecule has 0 fully saturated rings. The minimum absolute atomic E-state index is 0.265. The summed E-state index contributed by atoms with van der Waals surface area (Å²) in [6.45, 7) is 0.265. The van der Waals surface area contributed by atoms with E-state index in [1.165, 1.54) is 47.3 Å². The Morgan fingerprint density at radius 2 is 1.77 bits per heavy atom. The fourth-order valence-electron chi connectivity index (χ4n) is 3.28. The first-order valence-corrected chi connectivity index (χ1v) is 10.2. The van der Waals surface area contributed by atoms with Crippen LogP contribution in [0.25, 0.3) is 10.2 Å². The molecule has 0 bridgehead atoms. The van der Waals surface area contributed by atoms with Crippen molar-refractivity contribution in [3.63, 3.8) is 0 Å². The predicted molar refractivity (Wildman–Crippen MR) is 119 cm³/mol. The summed E-state index contributed by atoms with van der Waals surface area (Å²) in [7, 11) is 1.28. The van der Waals surface area contributed by atoms with Gasteiger partial charge in [0.1, 0.15) is 5.56 Å². The Morgan fingerprint density at radius 1 is 1.06 bits per heavy atom. The number of hydrogen-bond donors (Lipinski definition) is 2. The van der Waals surface area contributed by atoms with Gasteiger partial charge in [0, 0.05) is 5.69 Å². The Kier molecular flexibility index (Phi) is 5.55. The zero-order chi connectivity index (χ0) is 22.0. The lowest BCUT2D eigenvalue weighted by Gasteiger charge is -2.13. The quantitative estimate of drug-likeness (QED) is 0.465. The summed E-state index contributed by atoms with van der Waals surface area (Å²) < 4.78 is 6.59. The van der Waals surface area contributed by atoms with E-state index >= 15 is 0 Å². The minimum atomic E-state index is -0.731. The molecule has 0 aliphatic carbocycles. The van der Waals surface area contributed by atoms with E-state index in [2.05, 4.69) is 10.1 Å². The Hall–Kier alpha value is -3.91. The van der Waals surface area contributed by atoms with Crippen LogP contribution in [0, 0.1) is 0 Å². The van der Waals surface area contributed by atoms with Crippen LogP contribution in [0.1, 0.15) is 26.3 Å². The number of benzene rings is 2. The second-order valence-corrected chi connectivity index (χ2v) is 7.67. The van der Waals surface area contributed by atoms with Gasteiger partial charge in [0.25, 0.3) is 11.5 Å². The van der Waals surface area contributed by atoms with Crippen LogP contribution in [-0.4, -0.2) is 28.7 Å². The largest absolute Gasteiger partial charge is 0.505 e. The molecule has 4 rings (SSSR count). The third-order valence-electron chi connectivity index (χ3n) is 4.82. The van der Waals surface area contributed by atoms with E-state index in [4.69, 9.17) is 0 Å². The molecule has 4 aromatic rings. The molecule has 31 heavy (non-hydrogen) atoms. The van der Waals surface area contributed by atoms with E-state index in [9.17, 15) is 19.5 Å². The number of pyridine rings is 1. The molecule has 7 nitrogen and oxygen atoms in total. The van der Waals surface area contributed by atoms with E-state index in [1.54, 1.807) is 11.4 Å². The normalized spacial score (nSPS) is 10.7. The number of rotatable bonds is 5. The summed E-state index contributed by atoms with van der Waals surface area (Å²) in [4.78, 5) is 37.7.